The minimum absolute atomic E-state index is 0.0730. The van der Waals surface area contributed by atoms with E-state index in [2.05, 4.69) is 21.7 Å². The van der Waals surface area contributed by atoms with Crippen LogP contribution in [0.15, 0.2) is 48.5 Å². The number of thiazole rings is 1. The Morgan fingerprint density at radius 2 is 2.17 bits per heavy atom. The summed E-state index contributed by atoms with van der Waals surface area (Å²) in [7, 11) is 0. The zero-order chi connectivity index (χ0) is 16.4. The van der Waals surface area contributed by atoms with Crippen LogP contribution in [-0.4, -0.2) is 36.7 Å². The second-order valence-corrected chi connectivity index (χ2v) is 6.67. The molecule has 2 heterocycles. The Bertz CT molecular complexity index is 838. The average molecular weight is 339 g/mol. The lowest BCUT2D eigenvalue weighted by Gasteiger charge is -2.22. The Hall–Kier alpha value is -2.28. The van der Waals surface area contributed by atoms with Crippen molar-refractivity contribution in [2.75, 3.05) is 25.1 Å². The molecule has 2 N–H and O–H groups in total. The molecular weight excluding hydrogens is 322 g/mol. The molecule has 1 saturated heterocycles. The number of fused-ring (bicyclic) bond motifs is 1. The smallest absolute Gasteiger partial charge is 0.243 e. The van der Waals surface area contributed by atoms with Crippen LogP contribution in [0.3, 0.4) is 0 Å². The first-order valence-corrected chi connectivity index (χ1v) is 8.69. The minimum atomic E-state index is -0.301. The van der Waals surface area contributed by atoms with Crippen molar-refractivity contribution in [1.29, 1.82) is 0 Å². The van der Waals surface area contributed by atoms with Crippen molar-refractivity contribution in [3.8, 4) is 10.6 Å². The van der Waals surface area contributed by atoms with E-state index in [1.54, 1.807) is 11.3 Å². The number of anilines is 1. The van der Waals surface area contributed by atoms with Crippen LogP contribution in [0.4, 0.5) is 5.69 Å². The fourth-order valence-corrected chi connectivity index (χ4v) is 3.65. The third-order valence-corrected chi connectivity index (χ3v) is 4.99. The Morgan fingerprint density at radius 1 is 1.25 bits per heavy atom. The summed E-state index contributed by atoms with van der Waals surface area (Å²) < 4.78 is 6.49. The number of nitrogens with one attached hydrogen (secondary N) is 2. The molecule has 24 heavy (non-hydrogen) atoms. The fourth-order valence-electron chi connectivity index (χ4n) is 2.69. The highest BCUT2D eigenvalue weighted by molar-refractivity contribution is 7.21. The third kappa shape index (κ3) is 3.17. The number of hydrogen-bond acceptors (Lipinski definition) is 5. The number of rotatable bonds is 3. The van der Waals surface area contributed by atoms with Crippen molar-refractivity contribution in [2.24, 2.45) is 0 Å². The summed E-state index contributed by atoms with van der Waals surface area (Å²) >= 11 is 1.65. The van der Waals surface area contributed by atoms with Crippen LogP contribution in [-0.2, 0) is 9.53 Å². The molecule has 1 fully saturated rings. The SMILES string of the molecule is O=C(Nc1cccc(-c2nc3ccccc3s2)c1)C1COCCN1. The molecule has 122 valence electrons. The Labute approximate surface area is 143 Å². The number of ether oxygens (including phenoxy) is 1. The van der Waals surface area contributed by atoms with Crippen molar-refractivity contribution in [1.82, 2.24) is 10.3 Å². The molecule has 1 unspecified atom stereocenters. The van der Waals surface area contributed by atoms with Gasteiger partial charge < -0.3 is 15.4 Å². The van der Waals surface area contributed by atoms with E-state index < -0.39 is 0 Å². The van der Waals surface area contributed by atoms with E-state index in [9.17, 15) is 4.79 Å². The van der Waals surface area contributed by atoms with Crippen molar-refractivity contribution < 1.29 is 9.53 Å². The number of benzene rings is 2. The zero-order valence-electron chi connectivity index (χ0n) is 13.0. The van der Waals surface area contributed by atoms with Crippen LogP contribution in [0.25, 0.3) is 20.8 Å². The predicted octanol–water partition coefficient (Wildman–Crippen LogP) is 2.89. The summed E-state index contributed by atoms with van der Waals surface area (Å²) in [5.41, 5.74) is 2.77. The summed E-state index contributed by atoms with van der Waals surface area (Å²) in [5.74, 6) is -0.0730. The number of para-hydroxylation sites is 1. The summed E-state index contributed by atoms with van der Waals surface area (Å²) in [6.07, 6.45) is 0. The Balaban J connectivity index is 1.55. The average Bonchev–Trinajstić information content (AvgIpc) is 3.07. The summed E-state index contributed by atoms with van der Waals surface area (Å²) in [6, 6.07) is 15.6. The highest BCUT2D eigenvalue weighted by Gasteiger charge is 2.21. The second kappa shape index (κ2) is 6.68. The van der Waals surface area contributed by atoms with E-state index in [1.807, 2.05) is 42.5 Å². The van der Waals surface area contributed by atoms with Gasteiger partial charge in [-0.05, 0) is 24.3 Å². The van der Waals surface area contributed by atoms with Crippen molar-refractivity contribution in [3.63, 3.8) is 0 Å². The number of amides is 1. The quantitative estimate of drug-likeness (QED) is 0.770. The molecular formula is C18H17N3O2S. The number of morpholine rings is 1. The fraction of sp³-hybridized carbons (Fsp3) is 0.222. The van der Waals surface area contributed by atoms with E-state index in [-0.39, 0.29) is 11.9 Å². The van der Waals surface area contributed by atoms with Gasteiger partial charge in [0.15, 0.2) is 0 Å². The van der Waals surface area contributed by atoms with Gasteiger partial charge in [0.2, 0.25) is 5.91 Å². The first-order valence-electron chi connectivity index (χ1n) is 7.87. The molecule has 1 amide bonds. The van der Waals surface area contributed by atoms with Gasteiger partial charge in [0.1, 0.15) is 11.0 Å². The topological polar surface area (TPSA) is 63.2 Å². The summed E-state index contributed by atoms with van der Waals surface area (Å²) in [6.45, 7) is 1.75. The van der Waals surface area contributed by atoms with E-state index in [0.29, 0.717) is 19.8 Å². The standard InChI is InChI=1S/C18H17N3O2S/c22-17(15-11-23-9-8-19-15)20-13-5-3-4-12(10-13)18-21-14-6-1-2-7-16(14)24-18/h1-7,10,15,19H,8-9,11H2,(H,20,22). The molecule has 1 aliphatic heterocycles. The number of hydrogen-bond donors (Lipinski definition) is 2. The molecule has 0 bridgehead atoms. The van der Waals surface area contributed by atoms with Crippen LogP contribution in [0.5, 0.6) is 0 Å². The van der Waals surface area contributed by atoms with E-state index in [0.717, 1.165) is 26.5 Å². The number of carbonyl (C=O) groups excluding carboxylic acids is 1. The van der Waals surface area contributed by atoms with Gasteiger partial charge in [-0.1, -0.05) is 24.3 Å². The first kappa shape index (κ1) is 15.3. The maximum absolute atomic E-state index is 12.3. The van der Waals surface area contributed by atoms with Crippen molar-refractivity contribution >= 4 is 33.1 Å². The monoisotopic (exact) mass is 339 g/mol. The predicted molar refractivity (Wildman–Crippen MR) is 96.3 cm³/mol. The largest absolute Gasteiger partial charge is 0.378 e. The highest BCUT2D eigenvalue weighted by Crippen LogP contribution is 2.31. The Kier molecular flexibility index (Phi) is 4.25. The van der Waals surface area contributed by atoms with Crippen LogP contribution < -0.4 is 10.6 Å². The molecule has 0 spiro atoms. The lowest BCUT2D eigenvalue weighted by Crippen LogP contribution is -2.48. The maximum atomic E-state index is 12.3. The molecule has 4 rings (SSSR count). The molecule has 5 nitrogen and oxygen atoms in total. The van der Waals surface area contributed by atoms with Gasteiger partial charge in [-0.25, -0.2) is 4.98 Å². The number of aromatic nitrogens is 1. The van der Waals surface area contributed by atoms with Gasteiger partial charge in [0.05, 0.1) is 23.4 Å². The van der Waals surface area contributed by atoms with Crippen LogP contribution >= 0.6 is 11.3 Å². The van der Waals surface area contributed by atoms with E-state index in [1.165, 1.54) is 0 Å². The lowest BCUT2D eigenvalue weighted by atomic mass is 10.2. The van der Waals surface area contributed by atoms with Crippen LogP contribution in [0.1, 0.15) is 0 Å². The second-order valence-electron chi connectivity index (χ2n) is 5.64. The van der Waals surface area contributed by atoms with Gasteiger partial charge in [-0.3, -0.25) is 4.79 Å². The number of carbonyl (C=O) groups is 1. The van der Waals surface area contributed by atoms with Gasteiger partial charge in [-0.15, -0.1) is 11.3 Å². The lowest BCUT2D eigenvalue weighted by molar-refractivity contribution is -0.120. The molecule has 0 radical (unpaired) electrons. The van der Waals surface area contributed by atoms with Gasteiger partial charge in [0, 0.05) is 17.8 Å². The molecule has 1 aliphatic rings. The van der Waals surface area contributed by atoms with E-state index in [4.69, 9.17) is 4.74 Å². The third-order valence-electron chi connectivity index (χ3n) is 3.91. The molecule has 1 aromatic heterocycles. The molecule has 6 heteroatoms. The minimum Gasteiger partial charge on any atom is -0.378 e. The van der Waals surface area contributed by atoms with Gasteiger partial charge in [-0.2, -0.15) is 0 Å². The van der Waals surface area contributed by atoms with Gasteiger partial charge in [0.25, 0.3) is 0 Å². The molecule has 2 aromatic carbocycles. The molecule has 0 saturated carbocycles. The van der Waals surface area contributed by atoms with Gasteiger partial charge >= 0.3 is 0 Å². The van der Waals surface area contributed by atoms with Crippen molar-refractivity contribution in [2.45, 2.75) is 6.04 Å². The Morgan fingerprint density at radius 3 is 3.00 bits per heavy atom. The normalized spacial score (nSPS) is 17.8. The zero-order valence-corrected chi connectivity index (χ0v) is 13.8. The maximum Gasteiger partial charge on any atom is 0.243 e. The van der Waals surface area contributed by atoms with E-state index >= 15 is 0 Å². The molecule has 3 aromatic rings. The van der Waals surface area contributed by atoms with Crippen molar-refractivity contribution in [3.05, 3.63) is 48.5 Å². The highest BCUT2D eigenvalue weighted by atomic mass is 32.1. The number of nitrogens with zero attached hydrogens (tertiary/aromatic N) is 1. The summed E-state index contributed by atoms with van der Waals surface area (Å²) in [5, 5.41) is 7.06. The summed E-state index contributed by atoms with van der Waals surface area (Å²) in [4.78, 5) is 17.0. The molecule has 1 atom stereocenters. The molecule has 0 aliphatic carbocycles. The van der Waals surface area contributed by atoms with Crippen LogP contribution in [0, 0.1) is 0 Å². The first-order chi connectivity index (χ1) is 11.8. The van der Waals surface area contributed by atoms with Crippen LogP contribution in [0.2, 0.25) is 0 Å².